The van der Waals surface area contributed by atoms with E-state index in [1.807, 2.05) is 36.1 Å². The molecule has 0 aliphatic rings. The van der Waals surface area contributed by atoms with E-state index in [0.717, 1.165) is 24.1 Å². The van der Waals surface area contributed by atoms with Gasteiger partial charge in [-0.05, 0) is 30.4 Å². The summed E-state index contributed by atoms with van der Waals surface area (Å²) < 4.78 is 0. The van der Waals surface area contributed by atoms with Gasteiger partial charge in [0.25, 0.3) is 5.91 Å². The molecule has 0 aliphatic carbocycles. The quantitative estimate of drug-likeness (QED) is 0.745. The summed E-state index contributed by atoms with van der Waals surface area (Å²) in [4.78, 5) is 14.5. The molecule has 0 bridgehead atoms. The van der Waals surface area contributed by atoms with Crippen LogP contribution in [0.3, 0.4) is 0 Å². The normalized spacial score (nSPS) is 11.4. The van der Waals surface area contributed by atoms with E-state index in [-0.39, 0.29) is 11.3 Å². The van der Waals surface area contributed by atoms with Crippen molar-refractivity contribution in [2.45, 2.75) is 39.5 Å². The molecule has 3 heteroatoms. The van der Waals surface area contributed by atoms with Crippen LogP contribution in [0.1, 0.15) is 50.0 Å². The summed E-state index contributed by atoms with van der Waals surface area (Å²) in [6.45, 7) is 9.84. The zero-order chi connectivity index (χ0) is 14.5. The first kappa shape index (κ1) is 16.0. The summed E-state index contributed by atoms with van der Waals surface area (Å²) in [5, 5.41) is 0. The van der Waals surface area contributed by atoms with Crippen LogP contribution in [0.15, 0.2) is 24.3 Å². The lowest BCUT2D eigenvalue weighted by atomic mass is 9.83. The number of benzene rings is 1. The molecular weight excluding hydrogens is 258 g/mol. The Hall–Kier alpha value is -1.02. The Morgan fingerprint density at radius 2 is 1.89 bits per heavy atom. The van der Waals surface area contributed by atoms with Gasteiger partial charge in [0.2, 0.25) is 0 Å². The number of hydrogen-bond donors (Lipinski definition) is 0. The number of halogens is 1. The van der Waals surface area contributed by atoms with Gasteiger partial charge in [0.1, 0.15) is 0 Å². The van der Waals surface area contributed by atoms with Crippen molar-refractivity contribution >= 4 is 17.5 Å². The van der Waals surface area contributed by atoms with Crippen molar-refractivity contribution < 1.29 is 4.79 Å². The molecule has 0 fully saturated rings. The minimum atomic E-state index is -0.0296. The van der Waals surface area contributed by atoms with Crippen molar-refractivity contribution in [1.29, 1.82) is 0 Å². The maximum Gasteiger partial charge on any atom is 0.254 e. The molecule has 1 aromatic carbocycles. The van der Waals surface area contributed by atoms with Gasteiger partial charge in [0.05, 0.1) is 0 Å². The van der Waals surface area contributed by atoms with Crippen LogP contribution in [0.4, 0.5) is 0 Å². The average Bonchev–Trinajstić information content (AvgIpc) is 2.38. The molecule has 19 heavy (non-hydrogen) atoms. The molecule has 0 unspecified atom stereocenters. The van der Waals surface area contributed by atoms with E-state index in [1.54, 1.807) is 0 Å². The van der Waals surface area contributed by atoms with E-state index in [2.05, 4.69) is 20.8 Å². The Kier molecular flexibility index (Phi) is 5.86. The van der Waals surface area contributed by atoms with Crippen molar-refractivity contribution in [2.24, 2.45) is 0 Å². The summed E-state index contributed by atoms with van der Waals surface area (Å²) in [6, 6.07) is 7.89. The molecule has 0 aromatic heterocycles. The molecule has 1 amide bonds. The van der Waals surface area contributed by atoms with E-state index in [4.69, 9.17) is 11.6 Å². The third kappa shape index (κ3) is 4.24. The highest BCUT2D eigenvalue weighted by molar-refractivity contribution is 6.17. The summed E-state index contributed by atoms with van der Waals surface area (Å²) in [5.41, 5.74) is 1.88. The summed E-state index contributed by atoms with van der Waals surface area (Å²) in [6.07, 6.45) is 0.832. The molecule has 1 rings (SSSR count). The van der Waals surface area contributed by atoms with Gasteiger partial charge in [-0.25, -0.2) is 0 Å². The van der Waals surface area contributed by atoms with Crippen molar-refractivity contribution in [1.82, 2.24) is 4.90 Å². The Bertz CT molecular complexity index is 423. The molecule has 0 radical (unpaired) electrons. The van der Waals surface area contributed by atoms with Gasteiger partial charge in [-0.2, -0.15) is 0 Å². The minimum Gasteiger partial charge on any atom is -0.339 e. The van der Waals surface area contributed by atoms with E-state index >= 15 is 0 Å². The lowest BCUT2D eigenvalue weighted by Gasteiger charge is -2.26. The highest BCUT2D eigenvalue weighted by Crippen LogP contribution is 2.26. The van der Waals surface area contributed by atoms with Gasteiger partial charge in [-0.3, -0.25) is 4.79 Å². The predicted octanol–water partition coefficient (Wildman–Crippen LogP) is 4.08. The number of rotatable bonds is 5. The van der Waals surface area contributed by atoms with Crippen LogP contribution in [-0.4, -0.2) is 29.8 Å². The zero-order valence-corrected chi connectivity index (χ0v) is 13.1. The lowest BCUT2D eigenvalue weighted by molar-refractivity contribution is 0.0762. The topological polar surface area (TPSA) is 20.3 Å². The van der Waals surface area contributed by atoms with Gasteiger partial charge in [-0.15, -0.1) is 11.6 Å². The molecule has 0 aliphatic heterocycles. The van der Waals surface area contributed by atoms with Crippen molar-refractivity contribution in [3.05, 3.63) is 35.4 Å². The minimum absolute atomic E-state index is 0.0296. The number of amides is 1. The molecule has 1 aromatic rings. The molecule has 0 saturated carbocycles. The monoisotopic (exact) mass is 281 g/mol. The van der Waals surface area contributed by atoms with Gasteiger partial charge < -0.3 is 4.90 Å². The van der Waals surface area contributed by atoms with Gasteiger partial charge in [-0.1, -0.05) is 39.0 Å². The van der Waals surface area contributed by atoms with Crippen LogP contribution in [-0.2, 0) is 5.41 Å². The first-order valence-corrected chi connectivity index (χ1v) is 7.40. The maximum atomic E-state index is 12.6. The Morgan fingerprint density at radius 1 is 1.26 bits per heavy atom. The fourth-order valence-electron chi connectivity index (χ4n) is 2.15. The Balaban J connectivity index is 3.05. The third-order valence-electron chi connectivity index (χ3n) is 3.20. The van der Waals surface area contributed by atoms with E-state index in [0.29, 0.717) is 12.4 Å². The fraction of sp³-hybridized carbons (Fsp3) is 0.562. The van der Waals surface area contributed by atoms with Gasteiger partial charge in [0, 0.05) is 24.5 Å². The molecule has 0 saturated heterocycles. The average molecular weight is 282 g/mol. The Labute approximate surface area is 121 Å². The highest BCUT2D eigenvalue weighted by atomic mass is 35.5. The molecule has 0 heterocycles. The van der Waals surface area contributed by atoms with Crippen molar-refractivity contribution in [3.8, 4) is 0 Å². The zero-order valence-electron chi connectivity index (χ0n) is 12.4. The molecule has 106 valence electrons. The highest BCUT2D eigenvalue weighted by Gasteiger charge is 2.23. The van der Waals surface area contributed by atoms with Gasteiger partial charge >= 0.3 is 0 Å². The van der Waals surface area contributed by atoms with E-state index in [9.17, 15) is 4.79 Å². The molecule has 2 nitrogen and oxygen atoms in total. The van der Waals surface area contributed by atoms with E-state index < -0.39 is 0 Å². The van der Waals surface area contributed by atoms with Crippen LogP contribution in [0.5, 0.6) is 0 Å². The smallest absolute Gasteiger partial charge is 0.254 e. The summed E-state index contributed by atoms with van der Waals surface area (Å²) >= 11 is 5.72. The van der Waals surface area contributed by atoms with Crippen LogP contribution < -0.4 is 0 Å². The fourth-order valence-corrected chi connectivity index (χ4v) is 2.27. The first-order chi connectivity index (χ1) is 8.91. The largest absolute Gasteiger partial charge is 0.339 e. The molecule has 0 spiro atoms. The van der Waals surface area contributed by atoms with Crippen LogP contribution in [0.25, 0.3) is 0 Å². The summed E-state index contributed by atoms with van der Waals surface area (Å²) in [7, 11) is 0. The number of nitrogens with zero attached hydrogens (tertiary/aromatic N) is 1. The van der Waals surface area contributed by atoms with Crippen LogP contribution in [0, 0.1) is 0 Å². The SMILES string of the molecule is CCN(CCCCl)C(=O)c1ccccc1C(C)(C)C. The molecule has 0 N–H and O–H groups in total. The van der Waals surface area contributed by atoms with Gasteiger partial charge in [0.15, 0.2) is 0 Å². The van der Waals surface area contributed by atoms with E-state index in [1.165, 1.54) is 0 Å². The predicted molar refractivity (Wildman–Crippen MR) is 82.1 cm³/mol. The van der Waals surface area contributed by atoms with Crippen molar-refractivity contribution in [2.75, 3.05) is 19.0 Å². The van der Waals surface area contributed by atoms with Crippen molar-refractivity contribution in [3.63, 3.8) is 0 Å². The second-order valence-corrected chi connectivity index (χ2v) is 6.10. The number of carbonyl (C=O) groups is 1. The Morgan fingerprint density at radius 3 is 2.42 bits per heavy atom. The first-order valence-electron chi connectivity index (χ1n) is 6.86. The number of carbonyl (C=O) groups excluding carboxylic acids is 1. The van der Waals surface area contributed by atoms with Crippen LogP contribution >= 0.6 is 11.6 Å². The second-order valence-electron chi connectivity index (χ2n) is 5.72. The standard InChI is InChI=1S/C16H24ClNO/c1-5-18(12-8-11-17)15(19)13-9-6-7-10-14(13)16(2,3)4/h6-7,9-10H,5,8,11-12H2,1-4H3. The number of hydrogen-bond acceptors (Lipinski definition) is 1. The molecule has 0 atom stereocenters. The summed E-state index contributed by atoms with van der Waals surface area (Å²) in [5.74, 6) is 0.697. The second kappa shape index (κ2) is 6.95. The maximum absolute atomic E-state index is 12.6. The van der Waals surface area contributed by atoms with Crippen LogP contribution in [0.2, 0.25) is 0 Å². The lowest BCUT2D eigenvalue weighted by Crippen LogP contribution is -2.33. The third-order valence-corrected chi connectivity index (χ3v) is 3.46. The number of alkyl halides is 1. The molecular formula is C16H24ClNO.